The summed E-state index contributed by atoms with van der Waals surface area (Å²) in [5.74, 6) is 0.286. The largest absolute Gasteiger partial charge is 0.460 e. The minimum atomic E-state index is -0.0770. The van der Waals surface area contributed by atoms with Crippen LogP contribution in [-0.2, 0) is 0 Å². The van der Waals surface area contributed by atoms with Crippen LogP contribution in [0, 0.1) is 0 Å². The minimum absolute atomic E-state index is 0.0770. The Morgan fingerprint density at radius 3 is 2.85 bits per heavy atom. The molecule has 4 heteroatoms. The van der Waals surface area contributed by atoms with Gasteiger partial charge in [-0.1, -0.05) is 6.07 Å². The van der Waals surface area contributed by atoms with Crippen molar-refractivity contribution in [2.75, 3.05) is 0 Å². The van der Waals surface area contributed by atoms with E-state index in [-0.39, 0.29) is 5.78 Å². The molecule has 2 nitrogen and oxygen atoms in total. The van der Waals surface area contributed by atoms with Gasteiger partial charge in [0, 0.05) is 0 Å². The molecule has 0 unspecified atom stereocenters. The van der Waals surface area contributed by atoms with Gasteiger partial charge < -0.3 is 4.42 Å². The molecular formula is C9H5BrO2S. The van der Waals surface area contributed by atoms with Crippen molar-refractivity contribution in [3.05, 3.63) is 45.0 Å². The van der Waals surface area contributed by atoms with E-state index in [1.807, 2.05) is 11.4 Å². The molecule has 0 atom stereocenters. The lowest BCUT2D eigenvalue weighted by Crippen LogP contribution is -1.96. The molecule has 2 heterocycles. The van der Waals surface area contributed by atoms with Crippen LogP contribution in [0.5, 0.6) is 0 Å². The molecule has 13 heavy (non-hydrogen) atoms. The molecule has 0 N–H and O–H groups in total. The van der Waals surface area contributed by atoms with Crippen LogP contribution < -0.4 is 0 Å². The Hall–Kier alpha value is -0.870. The maximum absolute atomic E-state index is 11.7. The van der Waals surface area contributed by atoms with Crippen LogP contribution in [0.1, 0.15) is 15.4 Å². The molecule has 2 rings (SSSR count). The topological polar surface area (TPSA) is 30.2 Å². The number of thiophene rings is 1. The normalized spacial score (nSPS) is 10.2. The predicted octanol–water partition coefficient (Wildman–Crippen LogP) is 3.33. The highest BCUT2D eigenvalue weighted by atomic mass is 79.9. The van der Waals surface area contributed by atoms with Crippen LogP contribution >= 0.6 is 27.3 Å². The summed E-state index contributed by atoms with van der Waals surface area (Å²) < 4.78 is 5.76. The molecule has 0 aromatic carbocycles. The van der Waals surface area contributed by atoms with Crippen molar-refractivity contribution in [3.63, 3.8) is 0 Å². The standard InChI is InChI=1S/C9H5BrO2S/c10-6-3-4-12-9(6)8(11)7-2-1-5-13-7/h1-5H. The first-order chi connectivity index (χ1) is 6.29. The molecule has 2 aromatic heterocycles. The van der Waals surface area contributed by atoms with Gasteiger partial charge in [0.05, 0.1) is 15.6 Å². The molecule has 2 aromatic rings. The van der Waals surface area contributed by atoms with Gasteiger partial charge in [-0.15, -0.1) is 11.3 Å². The first-order valence-electron chi connectivity index (χ1n) is 3.60. The van der Waals surface area contributed by atoms with Crippen molar-refractivity contribution >= 4 is 33.0 Å². The van der Waals surface area contributed by atoms with Gasteiger partial charge in [0.15, 0.2) is 5.76 Å². The number of carbonyl (C=O) groups is 1. The Bertz CT molecular complexity index is 417. The second-order valence-electron chi connectivity index (χ2n) is 2.40. The lowest BCUT2D eigenvalue weighted by Gasteiger charge is -1.92. The Balaban J connectivity index is 2.39. The second-order valence-corrected chi connectivity index (χ2v) is 4.21. The molecule has 0 aliphatic rings. The van der Waals surface area contributed by atoms with Gasteiger partial charge in [0.2, 0.25) is 5.78 Å². The molecule has 0 spiro atoms. The number of halogens is 1. The zero-order chi connectivity index (χ0) is 9.26. The maximum Gasteiger partial charge on any atom is 0.239 e. The summed E-state index contributed by atoms with van der Waals surface area (Å²) in [6, 6.07) is 5.33. The number of rotatable bonds is 2. The van der Waals surface area contributed by atoms with Gasteiger partial charge in [-0.25, -0.2) is 0 Å². The molecule has 0 saturated carbocycles. The van der Waals surface area contributed by atoms with Crippen molar-refractivity contribution in [1.29, 1.82) is 0 Å². The van der Waals surface area contributed by atoms with E-state index in [1.165, 1.54) is 17.6 Å². The van der Waals surface area contributed by atoms with Gasteiger partial charge in [0.1, 0.15) is 0 Å². The Morgan fingerprint density at radius 1 is 1.46 bits per heavy atom. The van der Waals surface area contributed by atoms with E-state index < -0.39 is 0 Å². The highest BCUT2D eigenvalue weighted by Crippen LogP contribution is 2.22. The first-order valence-corrected chi connectivity index (χ1v) is 5.27. The first kappa shape index (κ1) is 8.72. The van der Waals surface area contributed by atoms with E-state index >= 15 is 0 Å². The van der Waals surface area contributed by atoms with Gasteiger partial charge in [0.25, 0.3) is 0 Å². The number of hydrogen-bond acceptors (Lipinski definition) is 3. The quantitative estimate of drug-likeness (QED) is 0.772. The van der Waals surface area contributed by atoms with Crippen molar-refractivity contribution < 1.29 is 9.21 Å². The summed E-state index contributed by atoms with van der Waals surface area (Å²) >= 11 is 4.65. The Kier molecular flexibility index (Phi) is 2.33. The summed E-state index contributed by atoms with van der Waals surface area (Å²) in [4.78, 5) is 12.4. The molecule has 0 aliphatic heterocycles. The molecule has 0 saturated heterocycles. The third-order valence-electron chi connectivity index (χ3n) is 1.57. The van der Waals surface area contributed by atoms with Crippen LogP contribution in [0.4, 0.5) is 0 Å². The van der Waals surface area contributed by atoms with Crippen molar-refractivity contribution in [1.82, 2.24) is 0 Å². The van der Waals surface area contributed by atoms with Crippen LogP contribution in [0.25, 0.3) is 0 Å². The van der Waals surface area contributed by atoms with E-state index in [9.17, 15) is 4.79 Å². The third-order valence-corrected chi connectivity index (χ3v) is 3.06. The minimum Gasteiger partial charge on any atom is -0.460 e. The second kappa shape index (κ2) is 3.47. The summed E-state index contributed by atoms with van der Waals surface area (Å²) in [7, 11) is 0. The molecule has 0 aliphatic carbocycles. The number of furan rings is 1. The number of carbonyl (C=O) groups excluding carboxylic acids is 1. The fourth-order valence-electron chi connectivity index (χ4n) is 0.975. The maximum atomic E-state index is 11.7. The highest BCUT2D eigenvalue weighted by molar-refractivity contribution is 9.10. The van der Waals surface area contributed by atoms with Gasteiger partial charge in [-0.3, -0.25) is 4.79 Å². The van der Waals surface area contributed by atoms with Gasteiger partial charge >= 0.3 is 0 Å². The average Bonchev–Trinajstić information content (AvgIpc) is 2.72. The fourth-order valence-corrected chi connectivity index (χ4v) is 2.02. The summed E-state index contributed by atoms with van der Waals surface area (Å²) in [6.45, 7) is 0. The predicted molar refractivity (Wildman–Crippen MR) is 54.2 cm³/mol. The molecule has 0 fully saturated rings. The van der Waals surface area contributed by atoms with E-state index in [0.29, 0.717) is 15.1 Å². The zero-order valence-electron chi connectivity index (χ0n) is 6.49. The Labute approximate surface area is 87.3 Å². The van der Waals surface area contributed by atoms with Crippen molar-refractivity contribution in [3.8, 4) is 0 Å². The van der Waals surface area contributed by atoms with Crippen LogP contribution in [0.2, 0.25) is 0 Å². The molecular weight excluding hydrogens is 252 g/mol. The number of ketones is 1. The highest BCUT2D eigenvalue weighted by Gasteiger charge is 2.16. The molecule has 0 bridgehead atoms. The number of hydrogen-bond donors (Lipinski definition) is 0. The van der Waals surface area contributed by atoms with E-state index in [1.54, 1.807) is 12.1 Å². The van der Waals surface area contributed by atoms with Crippen LogP contribution in [0.3, 0.4) is 0 Å². The smallest absolute Gasteiger partial charge is 0.239 e. The summed E-state index contributed by atoms with van der Waals surface area (Å²) in [5.41, 5.74) is 0. The summed E-state index contributed by atoms with van der Waals surface area (Å²) in [6.07, 6.45) is 1.49. The molecule has 0 radical (unpaired) electrons. The monoisotopic (exact) mass is 256 g/mol. The van der Waals surface area contributed by atoms with Gasteiger partial charge in [-0.05, 0) is 33.4 Å². The van der Waals surface area contributed by atoms with E-state index in [2.05, 4.69) is 15.9 Å². The van der Waals surface area contributed by atoms with Crippen LogP contribution in [0.15, 0.2) is 38.7 Å². The summed E-state index contributed by atoms with van der Waals surface area (Å²) in [5, 5.41) is 1.87. The SMILES string of the molecule is O=C(c1cccs1)c1occc1Br. The zero-order valence-corrected chi connectivity index (χ0v) is 8.89. The lowest BCUT2D eigenvalue weighted by molar-refractivity contribution is 0.101. The van der Waals surface area contributed by atoms with E-state index in [4.69, 9.17) is 4.42 Å². The molecule has 66 valence electrons. The molecule has 0 amide bonds. The lowest BCUT2D eigenvalue weighted by atomic mass is 10.2. The van der Waals surface area contributed by atoms with E-state index in [0.717, 1.165) is 0 Å². The van der Waals surface area contributed by atoms with Gasteiger partial charge in [-0.2, -0.15) is 0 Å². The van der Waals surface area contributed by atoms with Crippen molar-refractivity contribution in [2.24, 2.45) is 0 Å². The van der Waals surface area contributed by atoms with Crippen molar-refractivity contribution in [2.45, 2.75) is 0 Å². The third kappa shape index (κ3) is 1.59. The average molecular weight is 257 g/mol. The fraction of sp³-hybridized carbons (Fsp3) is 0. The Morgan fingerprint density at radius 2 is 2.31 bits per heavy atom. The van der Waals surface area contributed by atoms with Crippen LogP contribution in [-0.4, -0.2) is 5.78 Å².